The number of hydroxylamine groups is 1. The minimum Gasteiger partial charge on any atom is -0.380 e. The Kier molecular flexibility index (Phi) is 8.41. The number of carbonyl (C=O) groups is 1. The van der Waals surface area contributed by atoms with Crippen molar-refractivity contribution in [2.45, 2.75) is 39.8 Å². The molecule has 11 heteroatoms. The Bertz CT molecular complexity index is 1900. The molecule has 3 aromatic carbocycles. The summed E-state index contributed by atoms with van der Waals surface area (Å²) in [5, 5.41) is 25.8. The quantitative estimate of drug-likeness (QED) is 0.141. The average Bonchev–Trinajstić information content (AvgIpc) is 3.02. The van der Waals surface area contributed by atoms with E-state index >= 15 is 0 Å². The Balaban J connectivity index is 1.60. The van der Waals surface area contributed by atoms with Crippen LogP contribution in [0.4, 0.5) is 11.5 Å². The summed E-state index contributed by atoms with van der Waals surface area (Å²) < 4.78 is 1.60. The van der Waals surface area contributed by atoms with Gasteiger partial charge < -0.3 is 10.6 Å². The van der Waals surface area contributed by atoms with Gasteiger partial charge in [0.25, 0.3) is 11.5 Å². The van der Waals surface area contributed by atoms with Crippen LogP contribution in [0.5, 0.6) is 0 Å². The zero-order valence-electron chi connectivity index (χ0n) is 23.9. The van der Waals surface area contributed by atoms with Gasteiger partial charge in [-0.2, -0.15) is 5.26 Å². The summed E-state index contributed by atoms with van der Waals surface area (Å²) in [6.07, 6.45) is 0.556. The number of nitrogens with one attached hydrogen (secondary N) is 3. The number of carbonyl (C=O) groups excluding carboxylic acids is 1. The highest BCUT2D eigenvalue weighted by Gasteiger charge is 2.23. The molecule has 1 atom stereocenters. The van der Waals surface area contributed by atoms with E-state index < -0.39 is 11.9 Å². The molecule has 11 nitrogen and oxygen atoms in total. The van der Waals surface area contributed by atoms with Gasteiger partial charge in [0.1, 0.15) is 29.1 Å². The smallest absolute Gasteiger partial charge is 0.274 e. The first-order valence-corrected chi connectivity index (χ1v) is 13.7. The van der Waals surface area contributed by atoms with Crippen LogP contribution < -0.4 is 21.7 Å². The third-order valence-corrected chi connectivity index (χ3v) is 7.08. The number of nitriles is 1. The molecule has 0 radical (unpaired) electrons. The summed E-state index contributed by atoms with van der Waals surface area (Å²) in [6, 6.07) is 23.3. The van der Waals surface area contributed by atoms with Crippen molar-refractivity contribution in [1.82, 2.24) is 25.0 Å². The molecule has 0 unspecified atom stereocenters. The number of para-hydroxylation sites is 1. The van der Waals surface area contributed by atoms with Gasteiger partial charge in [-0.25, -0.2) is 20.4 Å². The number of aromatic nitrogens is 4. The molecule has 1 amide bonds. The maximum atomic E-state index is 14.3. The van der Waals surface area contributed by atoms with Crippen LogP contribution >= 0.6 is 0 Å². The van der Waals surface area contributed by atoms with E-state index in [2.05, 4.69) is 26.7 Å². The third-order valence-electron chi connectivity index (χ3n) is 7.08. The summed E-state index contributed by atoms with van der Waals surface area (Å²) >= 11 is 0. The molecular weight excluding hydrogens is 544 g/mol. The van der Waals surface area contributed by atoms with Gasteiger partial charge in [0.05, 0.1) is 28.3 Å². The second-order valence-corrected chi connectivity index (χ2v) is 9.93. The molecule has 5 rings (SSSR count). The van der Waals surface area contributed by atoms with Crippen LogP contribution in [0.25, 0.3) is 16.6 Å². The summed E-state index contributed by atoms with van der Waals surface area (Å²) in [6.45, 7) is 5.89. The highest BCUT2D eigenvalue weighted by molar-refractivity contribution is 5.93. The fraction of sp³-hybridized carbons (Fsp3) is 0.188. The van der Waals surface area contributed by atoms with Crippen LogP contribution in [-0.2, 0) is 6.54 Å². The largest absolute Gasteiger partial charge is 0.380 e. The predicted octanol–water partition coefficient (Wildman–Crippen LogP) is 4.96. The van der Waals surface area contributed by atoms with Crippen molar-refractivity contribution in [3.63, 3.8) is 0 Å². The van der Waals surface area contributed by atoms with Gasteiger partial charge in [0.15, 0.2) is 0 Å². The molecule has 0 aliphatic heterocycles. The van der Waals surface area contributed by atoms with Gasteiger partial charge in [-0.05, 0) is 62.2 Å². The molecule has 2 heterocycles. The van der Waals surface area contributed by atoms with E-state index in [0.29, 0.717) is 69.5 Å². The van der Waals surface area contributed by atoms with Gasteiger partial charge in [-0.3, -0.25) is 19.4 Å². The number of hydrogen-bond acceptors (Lipinski definition) is 9. The fourth-order valence-corrected chi connectivity index (χ4v) is 4.96. The number of aryl methyl sites for hydroxylation is 2. The van der Waals surface area contributed by atoms with E-state index in [9.17, 15) is 14.9 Å². The molecule has 0 saturated carbocycles. The van der Waals surface area contributed by atoms with Crippen molar-refractivity contribution in [3.8, 4) is 11.8 Å². The minimum absolute atomic E-state index is 0.250. The first-order chi connectivity index (χ1) is 20.8. The van der Waals surface area contributed by atoms with Crippen molar-refractivity contribution >= 4 is 28.3 Å². The first kappa shape index (κ1) is 28.9. The zero-order chi connectivity index (χ0) is 30.5. The van der Waals surface area contributed by atoms with Crippen LogP contribution in [0.3, 0.4) is 0 Å². The lowest BCUT2D eigenvalue weighted by Gasteiger charge is -2.23. The van der Waals surface area contributed by atoms with E-state index in [-0.39, 0.29) is 5.56 Å². The van der Waals surface area contributed by atoms with Crippen molar-refractivity contribution in [1.29, 1.82) is 5.26 Å². The van der Waals surface area contributed by atoms with Crippen LogP contribution in [-0.4, -0.2) is 30.6 Å². The molecule has 0 saturated heterocycles. The Hall–Kier alpha value is -5.60. The minimum atomic E-state index is -0.592. The van der Waals surface area contributed by atoms with Crippen LogP contribution in [0.1, 0.15) is 58.2 Å². The van der Waals surface area contributed by atoms with E-state index in [1.54, 1.807) is 54.2 Å². The van der Waals surface area contributed by atoms with Gasteiger partial charge in [-0.1, -0.05) is 43.3 Å². The second kappa shape index (κ2) is 12.5. The van der Waals surface area contributed by atoms with Crippen molar-refractivity contribution < 1.29 is 10.0 Å². The molecule has 216 valence electrons. The van der Waals surface area contributed by atoms with Gasteiger partial charge in [0, 0.05) is 17.8 Å². The van der Waals surface area contributed by atoms with Crippen LogP contribution in [0, 0.1) is 25.2 Å². The molecule has 5 aromatic rings. The third kappa shape index (κ3) is 5.91. The Morgan fingerprint density at radius 1 is 1.00 bits per heavy atom. The molecule has 0 fully saturated rings. The molecule has 4 N–H and O–H groups in total. The predicted molar refractivity (Wildman–Crippen MR) is 163 cm³/mol. The SMILES string of the molecule is CC[C@H](Nc1nc(C)nc(C)c1C#N)c1nc2cccc(NCc3ccc(C(=O)NO)cc3)c2c(=O)n1-c1ccccc1. The number of amides is 1. The molecule has 0 bridgehead atoms. The maximum Gasteiger partial charge on any atom is 0.274 e. The second-order valence-electron chi connectivity index (χ2n) is 9.93. The van der Waals surface area contributed by atoms with Crippen molar-refractivity contribution in [2.24, 2.45) is 0 Å². The standard InChI is InChI=1S/C32H30N8O3/c1-4-25(37-29-24(17-33)19(2)35-20(3)36-29)30-38-27-12-8-11-26(28(27)32(42)40(30)23-9-6-5-7-10-23)34-18-21-13-15-22(16-14-21)31(41)39-43/h5-16,25,34,43H,4,18H2,1-3H3,(H,39,41)(H,35,36,37)/t25-/m0/s1. The maximum absolute atomic E-state index is 14.3. The molecule has 0 aliphatic carbocycles. The summed E-state index contributed by atoms with van der Waals surface area (Å²) in [5.41, 5.74) is 5.26. The summed E-state index contributed by atoms with van der Waals surface area (Å²) in [7, 11) is 0. The number of fused-ring (bicyclic) bond motifs is 1. The summed E-state index contributed by atoms with van der Waals surface area (Å²) in [4.78, 5) is 39.8. The molecule has 0 spiro atoms. The van der Waals surface area contributed by atoms with E-state index in [1.807, 2.05) is 49.4 Å². The number of hydrogen-bond donors (Lipinski definition) is 4. The first-order valence-electron chi connectivity index (χ1n) is 13.7. The monoisotopic (exact) mass is 574 g/mol. The number of anilines is 2. The normalized spacial score (nSPS) is 11.5. The number of rotatable bonds is 9. The molecule has 43 heavy (non-hydrogen) atoms. The van der Waals surface area contributed by atoms with E-state index in [1.165, 1.54) is 0 Å². The summed E-state index contributed by atoms with van der Waals surface area (Å²) in [5.74, 6) is 0.818. The number of benzene rings is 3. The van der Waals surface area contributed by atoms with Crippen LogP contribution in [0.2, 0.25) is 0 Å². The Labute approximate surface area is 247 Å². The van der Waals surface area contributed by atoms with Gasteiger partial charge >= 0.3 is 0 Å². The van der Waals surface area contributed by atoms with Crippen molar-refractivity contribution in [3.05, 3.63) is 117 Å². The lowest BCUT2D eigenvalue weighted by atomic mass is 10.1. The molecular formula is C32H30N8O3. The van der Waals surface area contributed by atoms with Crippen molar-refractivity contribution in [2.75, 3.05) is 10.6 Å². The topological polar surface area (TPSA) is 158 Å². The molecule has 0 aliphatic rings. The number of nitrogens with zero attached hydrogens (tertiary/aromatic N) is 5. The van der Waals surface area contributed by atoms with Gasteiger partial charge in [-0.15, -0.1) is 0 Å². The van der Waals surface area contributed by atoms with Gasteiger partial charge in [0.2, 0.25) is 0 Å². The highest BCUT2D eigenvalue weighted by atomic mass is 16.5. The van der Waals surface area contributed by atoms with E-state index in [4.69, 9.17) is 10.2 Å². The zero-order valence-corrected chi connectivity index (χ0v) is 23.9. The highest BCUT2D eigenvalue weighted by Crippen LogP contribution is 2.28. The van der Waals surface area contributed by atoms with E-state index in [0.717, 1.165) is 5.56 Å². The lowest BCUT2D eigenvalue weighted by Crippen LogP contribution is -2.29. The van der Waals surface area contributed by atoms with Crippen LogP contribution in [0.15, 0.2) is 77.6 Å². The average molecular weight is 575 g/mol. The molecule has 2 aromatic heterocycles. The lowest BCUT2D eigenvalue weighted by molar-refractivity contribution is 0.0706. The Morgan fingerprint density at radius 3 is 2.42 bits per heavy atom. The Morgan fingerprint density at radius 2 is 1.74 bits per heavy atom. The fourth-order valence-electron chi connectivity index (χ4n) is 4.96.